The van der Waals surface area contributed by atoms with Crippen molar-refractivity contribution in [2.75, 3.05) is 0 Å². The van der Waals surface area contributed by atoms with E-state index >= 15 is 0 Å². The van der Waals surface area contributed by atoms with Crippen molar-refractivity contribution in [3.05, 3.63) is 37.5 Å². The molecule has 0 rings (SSSR count). The number of rotatable bonds is 3. The van der Waals surface area contributed by atoms with E-state index in [0.717, 1.165) is 5.92 Å². The molecule has 0 spiro atoms. The monoisotopic (exact) mass is 285 g/mol. The van der Waals surface area contributed by atoms with E-state index in [4.69, 9.17) is 5.11 Å². The van der Waals surface area contributed by atoms with E-state index in [1.807, 2.05) is 26.7 Å². The van der Waals surface area contributed by atoms with Gasteiger partial charge in [0, 0.05) is 25.6 Å². The summed E-state index contributed by atoms with van der Waals surface area (Å²) < 4.78 is 0. The Balaban J connectivity index is -0.000000163. The second-order valence-electron chi connectivity index (χ2n) is 2.74. The van der Waals surface area contributed by atoms with Crippen molar-refractivity contribution in [3.8, 4) is 0 Å². The average Bonchev–Trinajstić information content (AvgIpc) is 1.83. The van der Waals surface area contributed by atoms with Crippen molar-refractivity contribution in [1.82, 2.24) is 0 Å². The third-order valence-electron chi connectivity index (χ3n) is 0.863. The van der Waals surface area contributed by atoms with E-state index in [-0.39, 0.29) is 31.0 Å². The van der Waals surface area contributed by atoms with Crippen molar-refractivity contribution in [2.45, 2.75) is 27.7 Å². The number of carbonyl (C=O) groups excluding carboxylic acids is 1. The molecule has 0 saturated heterocycles. The third-order valence-corrected chi connectivity index (χ3v) is 0.863. The molecular weight excluding hydrogens is 267 g/mol. The van der Waals surface area contributed by atoms with Gasteiger partial charge in [-0.1, -0.05) is 13.8 Å². The van der Waals surface area contributed by atoms with Crippen LogP contribution >= 0.6 is 0 Å². The predicted octanol–water partition coefficient (Wildman–Crippen LogP) is 2.88. The van der Waals surface area contributed by atoms with Crippen molar-refractivity contribution in [3.63, 3.8) is 0 Å². The van der Waals surface area contributed by atoms with Crippen LogP contribution < -0.4 is 0 Å². The van der Waals surface area contributed by atoms with Gasteiger partial charge in [-0.05, 0) is 39.5 Å². The van der Waals surface area contributed by atoms with Gasteiger partial charge in [-0.25, -0.2) is 0 Å². The Morgan fingerprint density at radius 3 is 1.71 bits per heavy atom. The molecule has 1 N–H and O–H groups in total. The van der Waals surface area contributed by atoms with Crippen LogP contribution in [0.25, 0.3) is 0 Å². The minimum absolute atomic E-state index is 0. The molecule has 14 heavy (non-hydrogen) atoms. The van der Waals surface area contributed by atoms with Crippen molar-refractivity contribution in [2.24, 2.45) is 0 Å². The second-order valence-corrected chi connectivity index (χ2v) is 2.74. The molecule has 3 heteroatoms. The molecule has 2 nitrogen and oxygen atoms in total. The molecule has 0 bridgehead atoms. The summed E-state index contributed by atoms with van der Waals surface area (Å²) >= 11 is 0. The van der Waals surface area contributed by atoms with Gasteiger partial charge in [-0.3, -0.25) is 4.79 Å². The van der Waals surface area contributed by atoms with Crippen LogP contribution in [0.2, 0.25) is 0 Å². The molecule has 0 atom stereocenters. The van der Waals surface area contributed by atoms with Gasteiger partial charge in [0.1, 0.15) is 0 Å². The Hall–Kier alpha value is -0.167. The maximum absolute atomic E-state index is 10.0. The fourth-order valence-electron chi connectivity index (χ4n) is 0.579. The van der Waals surface area contributed by atoms with Gasteiger partial charge in [0.05, 0.1) is 5.76 Å². The summed E-state index contributed by atoms with van der Waals surface area (Å²) in [6.07, 6.45) is 5.11. The largest absolute Gasteiger partial charge is 0.512 e. The molecule has 5 radical (unpaired) electrons. The SMILES string of the molecule is CC(=O)/C=C(/C)O.[CH2][C](C)[CH][CH]C.[Rh]. The number of ketones is 1. The zero-order valence-corrected chi connectivity index (χ0v) is 10.8. The molecule has 0 fully saturated rings. The summed E-state index contributed by atoms with van der Waals surface area (Å²) in [6.45, 7) is 10.5. The first kappa shape index (κ1) is 19.4. The van der Waals surface area contributed by atoms with Crippen LogP contribution in [0.4, 0.5) is 0 Å². The van der Waals surface area contributed by atoms with Crippen molar-refractivity contribution in [1.29, 1.82) is 0 Å². The van der Waals surface area contributed by atoms with Gasteiger partial charge < -0.3 is 5.11 Å². The smallest absolute Gasteiger partial charge is 0.155 e. The molecule has 0 unspecified atom stereocenters. The summed E-state index contributed by atoms with van der Waals surface area (Å²) in [4.78, 5) is 10.0. The molecule has 0 amide bonds. The molecule has 0 aliphatic heterocycles. The maximum Gasteiger partial charge on any atom is 0.155 e. The predicted molar refractivity (Wildman–Crippen MR) is 55.6 cm³/mol. The number of hydrogen-bond donors (Lipinski definition) is 1. The fourth-order valence-corrected chi connectivity index (χ4v) is 0.579. The first-order valence-electron chi connectivity index (χ1n) is 4.06. The van der Waals surface area contributed by atoms with E-state index in [1.165, 1.54) is 19.9 Å². The first-order valence-corrected chi connectivity index (χ1v) is 4.06. The fraction of sp³-hybridized carbons (Fsp3) is 0.364. The van der Waals surface area contributed by atoms with Gasteiger partial charge in [-0.15, -0.1) is 0 Å². The van der Waals surface area contributed by atoms with Crippen LogP contribution in [0, 0.1) is 25.7 Å². The Labute approximate surface area is 101 Å². The van der Waals surface area contributed by atoms with E-state index in [2.05, 4.69) is 6.92 Å². The molecule has 0 aromatic carbocycles. The Morgan fingerprint density at radius 1 is 1.29 bits per heavy atom. The maximum atomic E-state index is 10.0. The average molecular weight is 285 g/mol. The van der Waals surface area contributed by atoms with E-state index in [1.54, 1.807) is 0 Å². The molecule has 0 heterocycles. The van der Waals surface area contributed by atoms with Crippen LogP contribution in [0.1, 0.15) is 27.7 Å². The van der Waals surface area contributed by atoms with E-state index < -0.39 is 0 Å². The minimum Gasteiger partial charge on any atom is -0.512 e. The van der Waals surface area contributed by atoms with Gasteiger partial charge in [0.15, 0.2) is 5.78 Å². The molecule has 0 aliphatic carbocycles. The summed E-state index contributed by atoms with van der Waals surface area (Å²) in [5.74, 6) is 1.05. The summed E-state index contributed by atoms with van der Waals surface area (Å²) in [5.41, 5.74) is 0. The van der Waals surface area contributed by atoms with Crippen LogP contribution in [0.3, 0.4) is 0 Å². The number of hydrogen-bond acceptors (Lipinski definition) is 2. The number of allylic oxidation sites excluding steroid dienone is 2. The summed E-state index contributed by atoms with van der Waals surface area (Å²) in [5, 5.41) is 8.36. The van der Waals surface area contributed by atoms with Crippen molar-refractivity contribution >= 4 is 5.78 Å². The van der Waals surface area contributed by atoms with Crippen LogP contribution in [-0.4, -0.2) is 10.9 Å². The summed E-state index contributed by atoms with van der Waals surface area (Å²) in [7, 11) is 0. The Morgan fingerprint density at radius 2 is 1.71 bits per heavy atom. The molecular formula is C11H18O2Rh. The zero-order valence-electron chi connectivity index (χ0n) is 9.13. The van der Waals surface area contributed by atoms with E-state index in [9.17, 15) is 4.79 Å². The topological polar surface area (TPSA) is 37.3 Å². The zero-order chi connectivity index (χ0) is 10.9. The molecule has 0 aliphatic rings. The van der Waals surface area contributed by atoms with Crippen LogP contribution in [0.5, 0.6) is 0 Å². The minimum atomic E-state index is -0.125. The first-order chi connectivity index (χ1) is 5.90. The number of aliphatic hydroxyl groups is 1. The van der Waals surface area contributed by atoms with Gasteiger partial charge in [0.2, 0.25) is 0 Å². The molecule has 0 aromatic rings. The normalized spacial score (nSPS) is 10.0. The second kappa shape index (κ2) is 12.8. The van der Waals surface area contributed by atoms with Gasteiger partial charge >= 0.3 is 0 Å². The standard InChI is InChI=1S/C6H10.C5H8O2.Rh/c1-4-5-6(2)3;1-4(6)3-5(2)7;/h4-5H,2H2,1,3H3;3,6H,1-2H3;/b;4-3-;. The van der Waals surface area contributed by atoms with E-state index in [0.29, 0.717) is 0 Å². The van der Waals surface area contributed by atoms with Gasteiger partial charge in [0.25, 0.3) is 0 Å². The van der Waals surface area contributed by atoms with Gasteiger partial charge in [-0.2, -0.15) is 0 Å². The third kappa shape index (κ3) is 29.7. The Bertz CT molecular complexity index is 159. The van der Waals surface area contributed by atoms with Crippen molar-refractivity contribution < 1.29 is 29.4 Å². The quantitative estimate of drug-likeness (QED) is 0.492. The van der Waals surface area contributed by atoms with Crippen LogP contribution in [0.15, 0.2) is 11.8 Å². The number of aliphatic hydroxyl groups excluding tert-OH is 1. The molecule has 0 saturated carbocycles. The molecule has 83 valence electrons. The number of carbonyl (C=O) groups is 1. The Kier molecular flexibility index (Phi) is 17.8. The van der Waals surface area contributed by atoms with Crippen LogP contribution in [-0.2, 0) is 24.3 Å². The summed E-state index contributed by atoms with van der Waals surface area (Å²) in [6, 6.07) is 0. The molecule has 0 aromatic heterocycles.